The highest BCUT2D eigenvalue weighted by Crippen LogP contribution is 2.67. The van der Waals surface area contributed by atoms with Crippen LogP contribution in [0.2, 0.25) is 0 Å². The first kappa shape index (κ1) is 20.0. The summed E-state index contributed by atoms with van der Waals surface area (Å²) in [6, 6.07) is 5.27. The van der Waals surface area contributed by atoms with Crippen molar-refractivity contribution >= 4 is 5.97 Å². The van der Waals surface area contributed by atoms with E-state index in [4.69, 9.17) is 0 Å². The Kier molecular flexibility index (Phi) is 4.68. The second kappa shape index (κ2) is 7.03. The first-order valence-corrected chi connectivity index (χ1v) is 11.7. The summed E-state index contributed by atoms with van der Waals surface area (Å²) in [6.45, 7) is 4.68. The molecule has 1 heterocycles. The van der Waals surface area contributed by atoms with Gasteiger partial charge in [0.2, 0.25) is 5.43 Å². The van der Waals surface area contributed by atoms with Crippen molar-refractivity contribution in [1.29, 1.82) is 0 Å². The zero-order valence-electron chi connectivity index (χ0n) is 18.1. The molecular weight excluding hydrogens is 374 g/mol. The lowest BCUT2D eigenvalue weighted by atomic mass is 9.46. The molecule has 0 amide bonds. The molecule has 5 rings (SSSR count). The van der Waals surface area contributed by atoms with E-state index >= 15 is 0 Å². The van der Waals surface area contributed by atoms with Gasteiger partial charge in [-0.15, -0.1) is 0 Å². The largest absolute Gasteiger partial charge is 0.481 e. The van der Waals surface area contributed by atoms with Crippen LogP contribution in [0.4, 0.5) is 0 Å². The fourth-order valence-electron chi connectivity index (χ4n) is 8.23. The number of rotatable bonds is 2. The predicted octanol–water partition coefficient (Wildman–Crippen LogP) is 5.19. The third-order valence-corrected chi connectivity index (χ3v) is 9.63. The number of carbonyl (C=O) groups is 1. The maximum absolute atomic E-state index is 12.7. The van der Waals surface area contributed by atoms with Gasteiger partial charge >= 0.3 is 5.97 Å². The van der Waals surface area contributed by atoms with Gasteiger partial charge in [0.05, 0.1) is 11.6 Å². The molecule has 0 bridgehead atoms. The minimum Gasteiger partial charge on any atom is -0.481 e. The molecular formula is C26H33NO3. The second-order valence-electron chi connectivity index (χ2n) is 10.7. The van der Waals surface area contributed by atoms with Gasteiger partial charge in [-0.25, -0.2) is 0 Å². The van der Waals surface area contributed by atoms with Crippen molar-refractivity contribution in [1.82, 2.24) is 4.98 Å². The molecule has 30 heavy (non-hydrogen) atoms. The van der Waals surface area contributed by atoms with Gasteiger partial charge in [-0.3, -0.25) is 14.6 Å². The van der Waals surface area contributed by atoms with Crippen LogP contribution < -0.4 is 5.43 Å². The molecule has 7 atom stereocenters. The van der Waals surface area contributed by atoms with Gasteiger partial charge in [0, 0.05) is 12.1 Å². The highest BCUT2D eigenvalue weighted by Gasteiger charge is 2.60. The van der Waals surface area contributed by atoms with E-state index in [2.05, 4.69) is 24.9 Å². The minimum atomic E-state index is -0.597. The lowest BCUT2D eigenvalue weighted by Crippen LogP contribution is -2.51. The summed E-state index contributed by atoms with van der Waals surface area (Å²) in [4.78, 5) is 29.2. The van der Waals surface area contributed by atoms with Crippen molar-refractivity contribution in [2.24, 2.45) is 34.5 Å². The molecule has 1 N–H and O–H groups in total. The van der Waals surface area contributed by atoms with Gasteiger partial charge < -0.3 is 5.11 Å². The lowest BCUT2D eigenvalue weighted by Gasteiger charge is -2.58. The standard InChI is InChI=1S/C26H33NO3/c1-25-13-5-6-17(23-22(28)7-3-4-15-27-23)19(25)9-8-16-18-10-11-21(24(29)30)26(18,2)14-12-20(16)25/h3-4,7,9,15-18,20-21H,5-6,8,10-14H2,1-2H3,(H,29,30)/t16-,17?,18-,20-,21+,25-,26-/m0/s1. The van der Waals surface area contributed by atoms with Crippen molar-refractivity contribution in [3.8, 4) is 0 Å². The zero-order chi connectivity index (χ0) is 21.1. The first-order chi connectivity index (χ1) is 14.4. The number of hydrogen-bond acceptors (Lipinski definition) is 3. The third-order valence-electron chi connectivity index (χ3n) is 9.63. The van der Waals surface area contributed by atoms with Crippen molar-refractivity contribution < 1.29 is 9.90 Å². The quantitative estimate of drug-likeness (QED) is 0.685. The summed E-state index contributed by atoms with van der Waals surface area (Å²) in [6.07, 6.45) is 12.6. The summed E-state index contributed by atoms with van der Waals surface area (Å²) in [5, 5.41) is 9.81. The Bertz CT molecular complexity index is 955. The molecule has 160 valence electrons. The van der Waals surface area contributed by atoms with Crippen LogP contribution in [0.5, 0.6) is 0 Å². The maximum Gasteiger partial charge on any atom is 0.307 e. The summed E-state index contributed by atoms with van der Waals surface area (Å²) in [5.74, 6) is 1.03. The Morgan fingerprint density at radius 2 is 1.93 bits per heavy atom. The fourth-order valence-corrected chi connectivity index (χ4v) is 8.23. The third kappa shape index (κ3) is 2.75. The molecule has 1 unspecified atom stereocenters. The summed E-state index contributed by atoms with van der Waals surface area (Å²) < 4.78 is 0. The minimum absolute atomic E-state index is 0.0496. The number of nitrogens with zero attached hydrogens (tertiary/aromatic N) is 1. The van der Waals surface area contributed by atoms with E-state index < -0.39 is 5.97 Å². The predicted molar refractivity (Wildman–Crippen MR) is 116 cm³/mol. The highest BCUT2D eigenvalue weighted by atomic mass is 16.4. The molecule has 3 saturated carbocycles. The van der Waals surface area contributed by atoms with E-state index in [0.717, 1.165) is 44.9 Å². The van der Waals surface area contributed by atoms with E-state index in [9.17, 15) is 14.7 Å². The molecule has 0 aromatic carbocycles. The van der Waals surface area contributed by atoms with Crippen LogP contribution in [-0.4, -0.2) is 16.1 Å². The Balaban J connectivity index is 1.53. The second-order valence-corrected chi connectivity index (χ2v) is 10.7. The van der Waals surface area contributed by atoms with Crippen LogP contribution in [0.25, 0.3) is 0 Å². The van der Waals surface area contributed by atoms with E-state index in [0.29, 0.717) is 23.4 Å². The Morgan fingerprint density at radius 1 is 1.10 bits per heavy atom. The summed E-state index contributed by atoms with van der Waals surface area (Å²) >= 11 is 0. The van der Waals surface area contributed by atoms with E-state index in [1.165, 1.54) is 12.0 Å². The Labute approximate surface area is 178 Å². The monoisotopic (exact) mass is 407 g/mol. The lowest BCUT2D eigenvalue weighted by molar-refractivity contribution is -0.148. The van der Waals surface area contributed by atoms with Crippen molar-refractivity contribution in [3.63, 3.8) is 0 Å². The molecule has 1 aromatic rings. The molecule has 4 nitrogen and oxygen atoms in total. The molecule has 0 aliphatic heterocycles. The summed E-state index contributed by atoms with van der Waals surface area (Å²) in [5.41, 5.74) is 2.26. The van der Waals surface area contributed by atoms with Gasteiger partial charge in [-0.05, 0) is 85.7 Å². The number of allylic oxidation sites excluding steroid dienone is 2. The first-order valence-electron chi connectivity index (χ1n) is 11.7. The fraction of sp³-hybridized carbons (Fsp3) is 0.654. The van der Waals surface area contributed by atoms with Crippen molar-refractivity contribution in [3.05, 3.63) is 52.0 Å². The maximum atomic E-state index is 12.7. The molecule has 0 spiro atoms. The zero-order valence-corrected chi connectivity index (χ0v) is 18.1. The van der Waals surface area contributed by atoms with Gasteiger partial charge in [-0.1, -0.05) is 38.0 Å². The van der Waals surface area contributed by atoms with E-state index in [1.807, 2.05) is 6.07 Å². The average Bonchev–Trinajstić information content (AvgIpc) is 2.93. The smallest absolute Gasteiger partial charge is 0.307 e. The van der Waals surface area contributed by atoms with Gasteiger partial charge in [0.1, 0.15) is 0 Å². The van der Waals surface area contributed by atoms with Gasteiger partial charge in [0.25, 0.3) is 0 Å². The van der Waals surface area contributed by atoms with E-state index in [-0.39, 0.29) is 28.1 Å². The number of aromatic nitrogens is 1. The molecule has 4 aliphatic rings. The number of hydrogen-bond donors (Lipinski definition) is 1. The number of fused-ring (bicyclic) bond motifs is 5. The van der Waals surface area contributed by atoms with Crippen LogP contribution in [-0.2, 0) is 4.79 Å². The molecule has 4 heteroatoms. The van der Waals surface area contributed by atoms with Crippen LogP contribution in [0.15, 0.2) is 40.8 Å². The molecule has 0 radical (unpaired) electrons. The Hall–Kier alpha value is -1.97. The van der Waals surface area contributed by atoms with Gasteiger partial charge in [0.15, 0.2) is 0 Å². The number of carboxylic acid groups (broad SMARTS) is 1. The average molecular weight is 408 g/mol. The number of aliphatic carboxylic acids is 1. The van der Waals surface area contributed by atoms with Crippen LogP contribution >= 0.6 is 0 Å². The van der Waals surface area contributed by atoms with Crippen LogP contribution in [0.1, 0.15) is 76.8 Å². The Morgan fingerprint density at radius 3 is 2.73 bits per heavy atom. The molecule has 3 fully saturated rings. The van der Waals surface area contributed by atoms with Crippen molar-refractivity contribution in [2.75, 3.05) is 0 Å². The topological polar surface area (TPSA) is 67.3 Å². The number of carboxylic acids is 1. The SMILES string of the molecule is C[C@]12CC[C@H]3[C@@H](CC=C4C(c5nccccc5=O)CCC[C@@]43C)[C@@H]1CC[C@@H]2C(=O)O. The highest BCUT2D eigenvalue weighted by molar-refractivity contribution is 5.71. The molecule has 0 saturated heterocycles. The van der Waals surface area contributed by atoms with Gasteiger partial charge in [-0.2, -0.15) is 0 Å². The molecule has 1 aromatic heterocycles. The molecule has 4 aliphatic carbocycles. The summed E-state index contributed by atoms with van der Waals surface area (Å²) in [7, 11) is 0. The van der Waals surface area contributed by atoms with Crippen LogP contribution in [0.3, 0.4) is 0 Å². The van der Waals surface area contributed by atoms with Crippen LogP contribution in [0, 0.1) is 34.5 Å². The normalized spacial score (nSPS) is 42.5. The van der Waals surface area contributed by atoms with E-state index in [1.54, 1.807) is 18.3 Å². The van der Waals surface area contributed by atoms with Crippen molar-refractivity contribution in [2.45, 2.75) is 71.1 Å².